The zero-order valence-electron chi connectivity index (χ0n) is 16.7. The quantitative estimate of drug-likeness (QED) is 0.716. The second-order valence-corrected chi connectivity index (χ2v) is 7.44. The van der Waals surface area contributed by atoms with Crippen molar-refractivity contribution in [1.29, 1.82) is 0 Å². The molecule has 2 N–H and O–H groups in total. The van der Waals surface area contributed by atoms with Crippen LogP contribution in [-0.2, 0) is 11.3 Å². The molecule has 0 spiro atoms. The van der Waals surface area contributed by atoms with Crippen LogP contribution in [0.25, 0.3) is 0 Å². The normalized spacial score (nSPS) is 18.0. The molecule has 6 nitrogen and oxygen atoms in total. The van der Waals surface area contributed by atoms with E-state index < -0.39 is 5.97 Å². The fourth-order valence-electron chi connectivity index (χ4n) is 3.66. The van der Waals surface area contributed by atoms with Crippen LogP contribution >= 0.6 is 0 Å². The molecule has 0 radical (unpaired) electrons. The first kappa shape index (κ1) is 20.9. The molecular formula is C23H28N2O4. The summed E-state index contributed by atoms with van der Waals surface area (Å²) in [5.41, 5.74) is 1.12. The lowest BCUT2D eigenvalue weighted by Gasteiger charge is -2.38. The van der Waals surface area contributed by atoms with E-state index in [2.05, 4.69) is 17.1 Å². The molecule has 1 aliphatic rings. The summed E-state index contributed by atoms with van der Waals surface area (Å²) in [6.07, 6.45) is 2.95. The SMILES string of the molecule is CC(COc1ccccc1)N1CCCCC1C(=O)NCc1ccc(C(=O)O)cc1. The van der Waals surface area contributed by atoms with Crippen molar-refractivity contribution >= 4 is 11.9 Å². The minimum Gasteiger partial charge on any atom is -0.492 e. The number of aromatic carboxylic acids is 1. The number of piperidine rings is 1. The highest BCUT2D eigenvalue weighted by atomic mass is 16.5. The van der Waals surface area contributed by atoms with Gasteiger partial charge in [-0.2, -0.15) is 0 Å². The van der Waals surface area contributed by atoms with Crippen LogP contribution < -0.4 is 10.1 Å². The number of ether oxygens (including phenoxy) is 1. The molecule has 1 aliphatic heterocycles. The van der Waals surface area contributed by atoms with Gasteiger partial charge in [0.1, 0.15) is 12.4 Å². The van der Waals surface area contributed by atoms with Gasteiger partial charge in [-0.25, -0.2) is 4.79 Å². The Morgan fingerprint density at radius 1 is 1.14 bits per heavy atom. The van der Waals surface area contributed by atoms with Crippen LogP contribution in [0.15, 0.2) is 54.6 Å². The number of amides is 1. The smallest absolute Gasteiger partial charge is 0.335 e. The van der Waals surface area contributed by atoms with Crippen molar-refractivity contribution < 1.29 is 19.4 Å². The van der Waals surface area contributed by atoms with E-state index in [-0.39, 0.29) is 23.6 Å². The number of para-hydroxylation sites is 1. The van der Waals surface area contributed by atoms with Gasteiger partial charge in [0.25, 0.3) is 0 Å². The van der Waals surface area contributed by atoms with Gasteiger partial charge < -0.3 is 15.2 Å². The predicted octanol–water partition coefficient (Wildman–Crippen LogP) is 3.32. The van der Waals surface area contributed by atoms with Gasteiger partial charge in [-0.3, -0.25) is 9.69 Å². The topological polar surface area (TPSA) is 78.9 Å². The first-order chi connectivity index (χ1) is 14.0. The Balaban J connectivity index is 1.54. The van der Waals surface area contributed by atoms with Gasteiger partial charge >= 0.3 is 5.97 Å². The highest BCUT2D eigenvalue weighted by molar-refractivity contribution is 5.87. The molecule has 1 amide bonds. The molecule has 3 rings (SSSR count). The lowest BCUT2D eigenvalue weighted by Crippen LogP contribution is -2.54. The van der Waals surface area contributed by atoms with E-state index in [4.69, 9.17) is 9.84 Å². The van der Waals surface area contributed by atoms with Gasteiger partial charge in [-0.15, -0.1) is 0 Å². The number of likely N-dealkylation sites (tertiary alicyclic amines) is 1. The van der Waals surface area contributed by atoms with E-state index in [1.165, 1.54) is 0 Å². The lowest BCUT2D eigenvalue weighted by molar-refractivity contribution is -0.129. The van der Waals surface area contributed by atoms with E-state index in [0.717, 1.165) is 37.1 Å². The molecule has 1 saturated heterocycles. The van der Waals surface area contributed by atoms with Crippen LogP contribution in [0.4, 0.5) is 0 Å². The van der Waals surface area contributed by atoms with Gasteiger partial charge in [0.15, 0.2) is 0 Å². The Bertz CT molecular complexity index is 807. The lowest BCUT2D eigenvalue weighted by atomic mass is 9.99. The average molecular weight is 396 g/mol. The van der Waals surface area contributed by atoms with Gasteiger partial charge in [0.05, 0.1) is 11.6 Å². The summed E-state index contributed by atoms with van der Waals surface area (Å²) in [7, 11) is 0. The summed E-state index contributed by atoms with van der Waals surface area (Å²) in [4.78, 5) is 26.0. The Morgan fingerprint density at radius 3 is 2.55 bits per heavy atom. The largest absolute Gasteiger partial charge is 0.492 e. The van der Waals surface area contributed by atoms with Crippen molar-refractivity contribution in [1.82, 2.24) is 10.2 Å². The third-order valence-corrected chi connectivity index (χ3v) is 5.32. The van der Waals surface area contributed by atoms with Crippen LogP contribution in [0.1, 0.15) is 42.1 Å². The molecule has 1 heterocycles. The fraction of sp³-hybridized carbons (Fsp3) is 0.391. The van der Waals surface area contributed by atoms with Crippen molar-refractivity contribution in [2.75, 3.05) is 13.2 Å². The standard InChI is InChI=1S/C23H28N2O4/c1-17(16-29-20-7-3-2-4-8-20)25-14-6-5-9-21(25)22(26)24-15-18-10-12-19(13-11-18)23(27)28/h2-4,7-8,10-13,17,21H,5-6,9,14-16H2,1H3,(H,24,26)(H,27,28). The summed E-state index contributed by atoms with van der Waals surface area (Å²) in [5.74, 6) is -0.106. The first-order valence-electron chi connectivity index (χ1n) is 10.1. The minimum atomic E-state index is -0.954. The molecule has 2 aromatic rings. The van der Waals surface area contributed by atoms with E-state index >= 15 is 0 Å². The Labute approximate surface area is 171 Å². The van der Waals surface area contributed by atoms with Gasteiger partial charge in [0, 0.05) is 12.6 Å². The van der Waals surface area contributed by atoms with E-state index in [1.807, 2.05) is 30.3 Å². The first-order valence-corrected chi connectivity index (χ1v) is 10.1. The average Bonchev–Trinajstić information content (AvgIpc) is 2.76. The number of hydrogen-bond donors (Lipinski definition) is 2. The Kier molecular flexibility index (Phi) is 7.25. The zero-order chi connectivity index (χ0) is 20.6. The minimum absolute atomic E-state index is 0.0126. The number of carbonyl (C=O) groups is 2. The molecule has 0 saturated carbocycles. The number of hydrogen-bond acceptors (Lipinski definition) is 4. The molecule has 0 aromatic heterocycles. The maximum Gasteiger partial charge on any atom is 0.335 e. The summed E-state index contributed by atoms with van der Waals surface area (Å²) in [6, 6.07) is 16.2. The van der Waals surface area contributed by atoms with Crippen LogP contribution in [0.3, 0.4) is 0 Å². The number of nitrogens with one attached hydrogen (secondary N) is 1. The number of nitrogens with zero attached hydrogens (tertiary/aromatic N) is 1. The Hall–Kier alpha value is -2.86. The fourth-order valence-corrected chi connectivity index (χ4v) is 3.66. The van der Waals surface area contributed by atoms with Crippen LogP contribution in [0, 0.1) is 0 Å². The maximum atomic E-state index is 12.8. The van der Waals surface area contributed by atoms with Gasteiger partial charge in [0.2, 0.25) is 5.91 Å². The summed E-state index contributed by atoms with van der Waals surface area (Å²) < 4.78 is 5.89. The number of carboxylic acids is 1. The van der Waals surface area contributed by atoms with E-state index in [1.54, 1.807) is 24.3 Å². The molecule has 0 bridgehead atoms. The summed E-state index contributed by atoms with van der Waals surface area (Å²) >= 11 is 0. The van der Waals surface area contributed by atoms with Crippen molar-refractivity contribution in [2.45, 2.75) is 44.8 Å². The molecule has 2 aromatic carbocycles. The highest BCUT2D eigenvalue weighted by Gasteiger charge is 2.31. The van der Waals surface area contributed by atoms with E-state index in [0.29, 0.717) is 13.2 Å². The zero-order valence-corrected chi connectivity index (χ0v) is 16.7. The third kappa shape index (κ3) is 5.81. The van der Waals surface area contributed by atoms with Crippen molar-refractivity contribution in [3.63, 3.8) is 0 Å². The number of carbonyl (C=O) groups excluding carboxylic acids is 1. The van der Waals surface area contributed by atoms with Gasteiger partial charge in [-0.05, 0) is 56.1 Å². The second-order valence-electron chi connectivity index (χ2n) is 7.44. The Morgan fingerprint density at radius 2 is 1.86 bits per heavy atom. The van der Waals surface area contributed by atoms with Crippen molar-refractivity contribution in [3.8, 4) is 5.75 Å². The molecule has 154 valence electrons. The molecule has 6 heteroatoms. The van der Waals surface area contributed by atoms with E-state index in [9.17, 15) is 9.59 Å². The molecule has 0 aliphatic carbocycles. The maximum absolute atomic E-state index is 12.8. The third-order valence-electron chi connectivity index (χ3n) is 5.32. The molecule has 1 fully saturated rings. The van der Waals surface area contributed by atoms with Crippen LogP contribution in [0.2, 0.25) is 0 Å². The molecular weight excluding hydrogens is 368 g/mol. The highest BCUT2D eigenvalue weighted by Crippen LogP contribution is 2.21. The van der Waals surface area contributed by atoms with Crippen molar-refractivity contribution in [3.05, 3.63) is 65.7 Å². The molecule has 29 heavy (non-hydrogen) atoms. The van der Waals surface area contributed by atoms with Crippen LogP contribution in [0.5, 0.6) is 5.75 Å². The summed E-state index contributed by atoms with van der Waals surface area (Å²) in [5, 5.41) is 12.0. The predicted molar refractivity (Wildman–Crippen MR) is 111 cm³/mol. The van der Waals surface area contributed by atoms with Crippen LogP contribution in [-0.4, -0.2) is 47.1 Å². The molecule has 2 atom stereocenters. The summed E-state index contributed by atoms with van der Waals surface area (Å²) in [6.45, 7) is 3.90. The second kappa shape index (κ2) is 10.1. The van der Waals surface area contributed by atoms with Crippen molar-refractivity contribution in [2.24, 2.45) is 0 Å². The number of benzene rings is 2. The number of rotatable bonds is 8. The number of carboxylic acid groups (broad SMARTS) is 1. The van der Waals surface area contributed by atoms with Gasteiger partial charge in [-0.1, -0.05) is 36.8 Å². The monoisotopic (exact) mass is 396 g/mol. The molecule has 2 unspecified atom stereocenters.